The van der Waals surface area contributed by atoms with Gasteiger partial charge in [-0.3, -0.25) is 0 Å². The molecule has 0 spiro atoms. The molecule has 1 fully saturated rings. The normalized spacial score (nSPS) is 24.9. The summed E-state index contributed by atoms with van der Waals surface area (Å²) in [4.78, 5) is 0. The molecular weight excluding hydrogens is 360 g/mol. The Balaban J connectivity index is 1.68. The predicted octanol–water partition coefficient (Wildman–Crippen LogP) is 8.97. The maximum atomic E-state index is 2.54. The summed E-state index contributed by atoms with van der Waals surface area (Å²) in [7, 11) is 0. The molecule has 0 saturated heterocycles. The lowest BCUT2D eigenvalue weighted by Crippen LogP contribution is -2.38. The molecule has 0 bridgehead atoms. The maximum Gasteiger partial charge on any atom is -0.00438 e. The average molecular weight is 399 g/mol. The van der Waals surface area contributed by atoms with Crippen LogP contribution in [0, 0.1) is 11.8 Å². The molecule has 1 saturated carbocycles. The molecular formula is C30H38. The number of benzene rings is 3. The second-order valence-electron chi connectivity index (χ2n) is 10.3. The highest BCUT2D eigenvalue weighted by molar-refractivity contribution is 6.08. The minimum Gasteiger partial charge on any atom is -0.0654 e. The highest BCUT2D eigenvalue weighted by atomic mass is 14.5. The fourth-order valence-corrected chi connectivity index (χ4v) is 7.02. The largest absolute Gasteiger partial charge is 0.0654 e. The van der Waals surface area contributed by atoms with Crippen molar-refractivity contribution in [1.29, 1.82) is 0 Å². The van der Waals surface area contributed by atoms with Gasteiger partial charge in [0.2, 0.25) is 0 Å². The monoisotopic (exact) mass is 398 g/mol. The van der Waals surface area contributed by atoms with E-state index >= 15 is 0 Å². The summed E-state index contributed by atoms with van der Waals surface area (Å²) in [6, 6.07) is 18.7. The smallest absolute Gasteiger partial charge is 0.00438 e. The Morgan fingerprint density at radius 2 is 1.60 bits per heavy atom. The first kappa shape index (κ1) is 20.1. The summed E-state index contributed by atoms with van der Waals surface area (Å²) in [5.41, 5.74) is 3.80. The van der Waals surface area contributed by atoms with Crippen LogP contribution in [0.5, 0.6) is 0 Å². The molecule has 0 N–H and O–H groups in total. The summed E-state index contributed by atoms with van der Waals surface area (Å²) in [6.45, 7) is 4.82. The third-order valence-corrected chi connectivity index (χ3v) is 8.73. The quantitative estimate of drug-likeness (QED) is 0.376. The summed E-state index contributed by atoms with van der Waals surface area (Å²) in [6.07, 6.45) is 15.4. The zero-order valence-electron chi connectivity index (χ0n) is 19.1. The van der Waals surface area contributed by atoms with E-state index in [4.69, 9.17) is 0 Å². The van der Waals surface area contributed by atoms with Gasteiger partial charge in [0, 0.05) is 0 Å². The van der Waals surface area contributed by atoms with Gasteiger partial charge in [-0.05, 0) is 75.6 Å². The molecule has 3 aromatic rings. The van der Waals surface area contributed by atoms with Crippen molar-refractivity contribution >= 4 is 21.5 Å². The van der Waals surface area contributed by atoms with E-state index in [9.17, 15) is 0 Å². The van der Waals surface area contributed by atoms with Gasteiger partial charge in [0.1, 0.15) is 0 Å². The van der Waals surface area contributed by atoms with Crippen molar-refractivity contribution in [3.8, 4) is 0 Å². The lowest BCUT2D eigenvalue weighted by atomic mass is 9.58. The first-order valence-corrected chi connectivity index (χ1v) is 12.7. The van der Waals surface area contributed by atoms with Crippen LogP contribution >= 0.6 is 0 Å². The first-order valence-electron chi connectivity index (χ1n) is 12.7. The lowest BCUT2D eigenvalue weighted by Gasteiger charge is -2.46. The molecule has 0 heteroatoms. The van der Waals surface area contributed by atoms with Gasteiger partial charge < -0.3 is 0 Å². The second-order valence-corrected chi connectivity index (χ2v) is 10.3. The van der Waals surface area contributed by atoms with E-state index < -0.39 is 0 Å². The first-order chi connectivity index (χ1) is 14.8. The van der Waals surface area contributed by atoms with E-state index in [2.05, 4.69) is 62.4 Å². The van der Waals surface area contributed by atoms with E-state index in [1.165, 1.54) is 86.8 Å². The minimum atomic E-state index is 0.394. The van der Waals surface area contributed by atoms with Crippen molar-refractivity contribution in [1.82, 2.24) is 0 Å². The van der Waals surface area contributed by atoms with E-state index in [0.717, 1.165) is 11.8 Å². The number of unbranched alkanes of at least 4 members (excludes halogenated alkanes) is 1. The van der Waals surface area contributed by atoms with Gasteiger partial charge in [-0.2, -0.15) is 0 Å². The van der Waals surface area contributed by atoms with Gasteiger partial charge in [0.25, 0.3) is 0 Å². The Morgan fingerprint density at radius 1 is 0.800 bits per heavy atom. The van der Waals surface area contributed by atoms with Crippen LogP contribution < -0.4 is 0 Å². The van der Waals surface area contributed by atoms with Crippen LogP contribution in [-0.2, 0) is 11.8 Å². The summed E-state index contributed by atoms with van der Waals surface area (Å²) in [5.74, 6) is 1.84. The molecule has 3 aromatic carbocycles. The third-order valence-electron chi connectivity index (χ3n) is 8.73. The molecule has 2 unspecified atom stereocenters. The fourth-order valence-electron chi connectivity index (χ4n) is 7.02. The second kappa shape index (κ2) is 8.37. The highest BCUT2D eigenvalue weighted by Gasteiger charge is 2.41. The maximum absolute atomic E-state index is 2.54. The Kier molecular flexibility index (Phi) is 5.61. The van der Waals surface area contributed by atoms with Crippen molar-refractivity contribution in [3.05, 3.63) is 59.7 Å². The Bertz CT molecular complexity index is 1020. The third kappa shape index (κ3) is 3.37. The summed E-state index contributed by atoms with van der Waals surface area (Å²) < 4.78 is 0. The Morgan fingerprint density at radius 3 is 2.40 bits per heavy atom. The molecule has 0 aliphatic heterocycles. The van der Waals surface area contributed by atoms with Crippen LogP contribution in [0.15, 0.2) is 48.5 Å². The topological polar surface area (TPSA) is 0 Å². The molecule has 0 nitrogen and oxygen atoms in total. The SMILES string of the molecule is CCCCC1(CC)CC(C2CCCCC2)Cc2c1ccc1c2ccc2ccccc21. The number of rotatable bonds is 5. The number of hydrogen-bond acceptors (Lipinski definition) is 0. The molecule has 2 aliphatic rings. The van der Waals surface area contributed by atoms with E-state index in [0.29, 0.717) is 5.41 Å². The van der Waals surface area contributed by atoms with Crippen molar-refractivity contribution in [2.24, 2.45) is 11.8 Å². The number of hydrogen-bond donors (Lipinski definition) is 0. The van der Waals surface area contributed by atoms with E-state index in [1.54, 1.807) is 16.5 Å². The van der Waals surface area contributed by atoms with Gasteiger partial charge in [0.05, 0.1) is 0 Å². The summed E-state index contributed by atoms with van der Waals surface area (Å²) in [5, 5.41) is 5.81. The van der Waals surface area contributed by atoms with Gasteiger partial charge in [-0.15, -0.1) is 0 Å². The van der Waals surface area contributed by atoms with Crippen LogP contribution in [0.1, 0.15) is 89.2 Å². The molecule has 5 rings (SSSR count). The van der Waals surface area contributed by atoms with Crippen LogP contribution in [0.3, 0.4) is 0 Å². The van der Waals surface area contributed by atoms with Crippen molar-refractivity contribution in [2.75, 3.05) is 0 Å². The van der Waals surface area contributed by atoms with Gasteiger partial charge >= 0.3 is 0 Å². The molecule has 0 radical (unpaired) electrons. The average Bonchev–Trinajstić information content (AvgIpc) is 2.82. The van der Waals surface area contributed by atoms with Crippen LogP contribution in [0.25, 0.3) is 21.5 Å². The zero-order valence-corrected chi connectivity index (χ0v) is 19.1. The van der Waals surface area contributed by atoms with Crippen LogP contribution in [0.4, 0.5) is 0 Å². The van der Waals surface area contributed by atoms with Crippen LogP contribution in [-0.4, -0.2) is 0 Å². The van der Waals surface area contributed by atoms with Crippen molar-refractivity contribution in [2.45, 2.75) is 89.9 Å². The molecule has 30 heavy (non-hydrogen) atoms. The Hall–Kier alpha value is -1.82. The predicted molar refractivity (Wildman–Crippen MR) is 131 cm³/mol. The lowest BCUT2D eigenvalue weighted by molar-refractivity contribution is 0.165. The Labute approximate surface area is 183 Å². The van der Waals surface area contributed by atoms with Gasteiger partial charge in [0.15, 0.2) is 0 Å². The molecule has 0 heterocycles. The molecule has 0 aromatic heterocycles. The highest BCUT2D eigenvalue weighted by Crippen LogP contribution is 2.51. The van der Waals surface area contributed by atoms with Gasteiger partial charge in [-0.1, -0.05) is 107 Å². The van der Waals surface area contributed by atoms with Crippen molar-refractivity contribution < 1.29 is 0 Å². The standard InChI is InChI=1S/C30H38/c1-3-5-19-30(4-2)21-24(22-11-7-6-8-12-22)20-28-27-16-15-23-13-9-10-14-25(23)26(27)17-18-29(28)30/h9-10,13-18,22,24H,3-8,11-12,19-21H2,1-2H3. The van der Waals surface area contributed by atoms with E-state index in [-0.39, 0.29) is 0 Å². The van der Waals surface area contributed by atoms with Crippen LogP contribution in [0.2, 0.25) is 0 Å². The minimum absolute atomic E-state index is 0.394. The summed E-state index contributed by atoms with van der Waals surface area (Å²) >= 11 is 0. The van der Waals surface area contributed by atoms with Crippen molar-refractivity contribution in [3.63, 3.8) is 0 Å². The number of fused-ring (bicyclic) bond motifs is 5. The molecule has 0 amide bonds. The fraction of sp³-hybridized carbons (Fsp3) is 0.533. The zero-order chi connectivity index (χ0) is 20.6. The molecule has 158 valence electrons. The molecule has 2 aliphatic carbocycles. The van der Waals surface area contributed by atoms with Gasteiger partial charge in [-0.25, -0.2) is 0 Å². The molecule has 2 atom stereocenters. The van der Waals surface area contributed by atoms with E-state index in [1.807, 2.05) is 0 Å².